The number of amides is 1. The predicted octanol–water partition coefficient (Wildman–Crippen LogP) is 4.03. The van der Waals surface area contributed by atoms with Crippen LogP contribution < -0.4 is 0 Å². The van der Waals surface area contributed by atoms with Crippen molar-refractivity contribution in [2.75, 3.05) is 26.3 Å². The molecule has 2 saturated heterocycles. The average molecular weight is 495 g/mol. The molecule has 4 rings (SSSR count). The third-order valence-electron chi connectivity index (χ3n) is 6.06. The number of carboxylic acid groups (broad SMARTS) is 1. The van der Waals surface area contributed by atoms with Crippen LogP contribution in [0.25, 0.3) is 0 Å². The van der Waals surface area contributed by atoms with Gasteiger partial charge in [-0.15, -0.1) is 0 Å². The first-order chi connectivity index (χ1) is 16.5. The molecule has 3 atom stereocenters. The summed E-state index contributed by atoms with van der Waals surface area (Å²) in [6, 6.07) is 13.8. The number of carbonyl (C=O) groups is 2. The number of likely N-dealkylation sites (tertiary alicyclic amines) is 1. The zero-order chi connectivity index (χ0) is 25.6. The molecule has 2 aromatic rings. The number of fused-ring (bicyclic) bond motifs is 1. The van der Waals surface area contributed by atoms with Gasteiger partial charge in [0.15, 0.2) is 0 Å². The molecule has 1 aromatic carbocycles. The van der Waals surface area contributed by atoms with Gasteiger partial charge in [-0.3, -0.25) is 9.78 Å². The van der Waals surface area contributed by atoms with Gasteiger partial charge in [0.1, 0.15) is 0 Å². The lowest BCUT2D eigenvalue weighted by Gasteiger charge is -2.20. The van der Waals surface area contributed by atoms with Crippen LogP contribution in [0.5, 0.6) is 0 Å². The quantitative estimate of drug-likeness (QED) is 0.611. The number of aliphatic carboxylic acids is 1. The van der Waals surface area contributed by atoms with Crippen molar-refractivity contribution in [3.8, 4) is 0 Å². The molecule has 0 bridgehead atoms. The van der Waals surface area contributed by atoms with Gasteiger partial charge in [0.05, 0.1) is 25.0 Å². The number of benzene rings is 1. The molecule has 0 spiro atoms. The van der Waals surface area contributed by atoms with Crippen molar-refractivity contribution in [1.29, 1.82) is 0 Å². The number of aromatic nitrogens is 1. The lowest BCUT2D eigenvalue weighted by molar-refractivity contribution is -0.192. The molecule has 2 fully saturated rings. The van der Waals surface area contributed by atoms with Gasteiger partial charge < -0.3 is 19.5 Å². The second-order valence-corrected chi connectivity index (χ2v) is 8.79. The normalized spacial score (nSPS) is 21.3. The minimum absolute atomic E-state index is 0.113. The lowest BCUT2D eigenvalue weighted by Crippen LogP contribution is -2.31. The van der Waals surface area contributed by atoms with Crippen LogP contribution in [0.3, 0.4) is 0 Å². The summed E-state index contributed by atoms with van der Waals surface area (Å²) in [4.78, 5) is 28.1. The van der Waals surface area contributed by atoms with Crippen LogP contribution in [0.1, 0.15) is 33.7 Å². The van der Waals surface area contributed by atoms with Crippen molar-refractivity contribution in [3.05, 3.63) is 65.0 Å². The molecule has 3 heterocycles. The highest BCUT2D eigenvalue weighted by molar-refractivity contribution is 5.94. The summed E-state index contributed by atoms with van der Waals surface area (Å²) < 4.78 is 43.6. The highest BCUT2D eigenvalue weighted by Crippen LogP contribution is 2.36. The van der Waals surface area contributed by atoms with Gasteiger partial charge in [0.25, 0.3) is 5.91 Å². The predicted molar refractivity (Wildman–Crippen MR) is 121 cm³/mol. The number of pyridine rings is 1. The number of aryl methyl sites for hydroxylation is 2. The molecule has 10 heteroatoms. The van der Waals surface area contributed by atoms with Gasteiger partial charge in [-0.2, -0.15) is 13.2 Å². The second-order valence-electron chi connectivity index (χ2n) is 8.79. The maximum Gasteiger partial charge on any atom is 0.490 e. The Balaban J connectivity index is 0.000000429. The topological polar surface area (TPSA) is 89.0 Å². The summed E-state index contributed by atoms with van der Waals surface area (Å²) in [7, 11) is 0. The highest BCUT2D eigenvalue weighted by Gasteiger charge is 2.45. The van der Waals surface area contributed by atoms with Crippen LogP contribution >= 0.6 is 0 Å². The maximum atomic E-state index is 12.8. The van der Waals surface area contributed by atoms with Gasteiger partial charge in [-0.05, 0) is 50.5 Å². The van der Waals surface area contributed by atoms with Crippen LogP contribution in [-0.4, -0.2) is 65.5 Å². The van der Waals surface area contributed by atoms with E-state index in [0.717, 1.165) is 42.1 Å². The van der Waals surface area contributed by atoms with Crippen molar-refractivity contribution in [2.24, 2.45) is 11.8 Å². The van der Waals surface area contributed by atoms with Gasteiger partial charge >= 0.3 is 12.1 Å². The summed E-state index contributed by atoms with van der Waals surface area (Å²) in [5.74, 6) is -1.78. The standard InChI is InChI=1S/C23H28N2O3.C2HF3O2/c1-16-5-3-7-18(11-16)23(26)25-12-21-19(14-28-22(21)13-25)9-10-27-15-20-8-4-6-17(2)24-20;3-2(4,5)1(6)7/h3-8,11,19,21-22H,9-10,12-15H2,1-2H3;(H,6,7)/t19-,21-,22-;/m0./s1. The molecule has 0 saturated carbocycles. The van der Waals surface area contributed by atoms with Crippen molar-refractivity contribution >= 4 is 11.9 Å². The Kier molecular flexibility index (Phi) is 8.85. The summed E-state index contributed by atoms with van der Waals surface area (Å²) in [6.07, 6.45) is -3.96. The van der Waals surface area contributed by atoms with E-state index >= 15 is 0 Å². The van der Waals surface area contributed by atoms with E-state index in [2.05, 4.69) is 4.98 Å². The van der Waals surface area contributed by atoms with Crippen LogP contribution in [0.4, 0.5) is 13.2 Å². The molecule has 7 nitrogen and oxygen atoms in total. The molecule has 190 valence electrons. The lowest BCUT2D eigenvalue weighted by atomic mass is 9.91. The number of carbonyl (C=O) groups excluding carboxylic acids is 1. The molecular weight excluding hydrogens is 465 g/mol. The molecule has 0 radical (unpaired) electrons. The molecule has 0 unspecified atom stereocenters. The minimum Gasteiger partial charge on any atom is -0.475 e. The van der Waals surface area contributed by atoms with E-state index in [1.54, 1.807) is 0 Å². The van der Waals surface area contributed by atoms with Gasteiger partial charge in [-0.25, -0.2) is 4.79 Å². The van der Waals surface area contributed by atoms with Crippen molar-refractivity contribution in [1.82, 2.24) is 9.88 Å². The molecule has 1 amide bonds. The number of hydrogen-bond donors (Lipinski definition) is 1. The van der Waals surface area contributed by atoms with E-state index < -0.39 is 12.1 Å². The Labute approximate surface area is 201 Å². The second kappa shape index (κ2) is 11.6. The van der Waals surface area contributed by atoms with Gasteiger partial charge in [0, 0.05) is 36.9 Å². The van der Waals surface area contributed by atoms with Crippen LogP contribution in [0.15, 0.2) is 42.5 Å². The number of nitrogens with zero attached hydrogens (tertiary/aromatic N) is 2. The molecule has 2 aliphatic heterocycles. The summed E-state index contributed by atoms with van der Waals surface area (Å²) in [5, 5.41) is 7.12. The van der Waals surface area contributed by atoms with E-state index in [9.17, 15) is 18.0 Å². The number of halogens is 3. The first kappa shape index (κ1) is 26.6. The SMILES string of the molecule is Cc1cccc(C(=O)N2C[C@H]3[C@@H](CCOCc4cccc(C)n4)CO[C@H]3C2)c1.O=C(O)C(F)(F)F. The minimum atomic E-state index is -5.08. The number of rotatable bonds is 6. The zero-order valence-corrected chi connectivity index (χ0v) is 19.6. The molecule has 2 aliphatic rings. The number of alkyl halides is 3. The Bertz CT molecular complexity index is 1030. The summed E-state index contributed by atoms with van der Waals surface area (Å²) >= 11 is 0. The van der Waals surface area contributed by atoms with Crippen molar-refractivity contribution in [3.63, 3.8) is 0 Å². The molecule has 35 heavy (non-hydrogen) atoms. The molecule has 0 aliphatic carbocycles. The maximum absolute atomic E-state index is 12.8. The fourth-order valence-electron chi connectivity index (χ4n) is 4.31. The highest BCUT2D eigenvalue weighted by atomic mass is 19.4. The molecule has 1 N–H and O–H groups in total. The average Bonchev–Trinajstić information content (AvgIpc) is 3.37. The number of ether oxygens (including phenoxy) is 2. The fraction of sp³-hybridized carbons (Fsp3) is 0.480. The fourth-order valence-corrected chi connectivity index (χ4v) is 4.31. The van der Waals surface area contributed by atoms with Crippen LogP contribution in [-0.2, 0) is 20.9 Å². The Morgan fingerprint density at radius 2 is 1.89 bits per heavy atom. The smallest absolute Gasteiger partial charge is 0.475 e. The van der Waals surface area contributed by atoms with E-state index in [1.807, 2.05) is 61.2 Å². The first-order valence-corrected chi connectivity index (χ1v) is 11.3. The first-order valence-electron chi connectivity index (χ1n) is 11.3. The van der Waals surface area contributed by atoms with E-state index in [4.69, 9.17) is 19.4 Å². The Morgan fingerprint density at radius 3 is 2.54 bits per heavy atom. The molecular formula is C25H29F3N2O5. The summed E-state index contributed by atoms with van der Waals surface area (Å²) in [6.45, 7) is 7.49. The van der Waals surface area contributed by atoms with E-state index in [0.29, 0.717) is 31.6 Å². The molecule has 1 aromatic heterocycles. The monoisotopic (exact) mass is 494 g/mol. The number of carboxylic acids is 1. The van der Waals surface area contributed by atoms with Gasteiger partial charge in [-0.1, -0.05) is 23.8 Å². The Morgan fingerprint density at radius 1 is 1.17 bits per heavy atom. The third-order valence-corrected chi connectivity index (χ3v) is 6.06. The summed E-state index contributed by atoms with van der Waals surface area (Å²) in [5.41, 5.74) is 3.86. The van der Waals surface area contributed by atoms with Gasteiger partial charge in [0.2, 0.25) is 0 Å². The van der Waals surface area contributed by atoms with Crippen LogP contribution in [0.2, 0.25) is 0 Å². The van der Waals surface area contributed by atoms with Crippen molar-refractivity contribution < 1.29 is 37.3 Å². The number of hydrogen-bond acceptors (Lipinski definition) is 5. The van der Waals surface area contributed by atoms with E-state index in [1.165, 1.54) is 0 Å². The van der Waals surface area contributed by atoms with E-state index in [-0.39, 0.29) is 12.0 Å². The largest absolute Gasteiger partial charge is 0.490 e. The van der Waals surface area contributed by atoms with Crippen molar-refractivity contribution in [2.45, 2.75) is 39.2 Å². The van der Waals surface area contributed by atoms with Crippen LogP contribution in [0, 0.1) is 25.7 Å². The Hall–Kier alpha value is -2.98. The third kappa shape index (κ3) is 7.50. The zero-order valence-electron chi connectivity index (χ0n) is 19.6.